The zero-order valence-corrected chi connectivity index (χ0v) is 9.84. The van der Waals surface area contributed by atoms with Crippen molar-refractivity contribution in [1.29, 1.82) is 0 Å². The number of carboxylic acids is 1. The number of urea groups is 1. The Labute approximate surface area is 98.0 Å². The van der Waals surface area contributed by atoms with Crippen LogP contribution >= 0.6 is 0 Å². The normalized spacial score (nSPS) is 12.2. The van der Waals surface area contributed by atoms with Crippen LogP contribution in [-0.2, 0) is 11.8 Å². The first kappa shape index (κ1) is 12.9. The molecule has 1 rings (SSSR count). The fraction of sp³-hybridized carbons (Fsp3) is 0.556. The highest BCUT2D eigenvalue weighted by Gasteiger charge is 2.23. The molecule has 0 unspecified atom stereocenters. The van der Waals surface area contributed by atoms with Crippen molar-refractivity contribution in [1.82, 2.24) is 20.1 Å². The molecule has 1 heterocycles. The van der Waals surface area contributed by atoms with E-state index in [0.717, 1.165) is 0 Å². The second kappa shape index (κ2) is 5.28. The number of anilines is 1. The zero-order chi connectivity index (χ0) is 13.0. The van der Waals surface area contributed by atoms with Crippen LogP contribution < -0.4 is 10.6 Å². The predicted molar refractivity (Wildman–Crippen MR) is 59.4 cm³/mol. The molecule has 0 saturated heterocycles. The van der Waals surface area contributed by atoms with E-state index in [1.165, 1.54) is 11.0 Å². The van der Waals surface area contributed by atoms with Gasteiger partial charge in [-0.2, -0.15) is 10.1 Å². The molecule has 2 amide bonds. The van der Waals surface area contributed by atoms with Gasteiger partial charge in [0.25, 0.3) is 0 Å². The largest absolute Gasteiger partial charge is 0.480 e. The van der Waals surface area contributed by atoms with Crippen LogP contribution in [0.25, 0.3) is 0 Å². The Balaban J connectivity index is 2.60. The first-order chi connectivity index (χ1) is 7.91. The van der Waals surface area contributed by atoms with Crippen molar-refractivity contribution < 1.29 is 14.7 Å². The molecule has 0 aromatic carbocycles. The highest BCUT2D eigenvalue weighted by atomic mass is 16.4. The van der Waals surface area contributed by atoms with Crippen molar-refractivity contribution in [3.8, 4) is 0 Å². The monoisotopic (exact) mass is 241 g/mol. The van der Waals surface area contributed by atoms with E-state index < -0.39 is 18.0 Å². The molecule has 1 atom stereocenters. The molecule has 1 aromatic rings. The number of aryl methyl sites for hydroxylation is 1. The molecule has 3 N–H and O–H groups in total. The van der Waals surface area contributed by atoms with Gasteiger partial charge in [0.2, 0.25) is 5.95 Å². The summed E-state index contributed by atoms with van der Waals surface area (Å²) in [6, 6.07) is -1.56. The summed E-state index contributed by atoms with van der Waals surface area (Å²) in [6.07, 6.45) is 1.28. The fourth-order valence-electron chi connectivity index (χ4n) is 1.20. The summed E-state index contributed by atoms with van der Waals surface area (Å²) in [5, 5.41) is 17.4. The Kier molecular flexibility index (Phi) is 4.02. The summed E-state index contributed by atoms with van der Waals surface area (Å²) in [5.41, 5.74) is 0. The average Bonchev–Trinajstić information content (AvgIpc) is 2.60. The lowest BCUT2D eigenvalue weighted by Gasteiger charge is -2.17. The van der Waals surface area contributed by atoms with E-state index in [2.05, 4.69) is 20.7 Å². The molecule has 8 nitrogen and oxygen atoms in total. The van der Waals surface area contributed by atoms with Crippen molar-refractivity contribution in [3.05, 3.63) is 6.33 Å². The minimum atomic E-state index is -1.08. The van der Waals surface area contributed by atoms with Gasteiger partial charge in [0.05, 0.1) is 0 Å². The molecule has 0 saturated carbocycles. The van der Waals surface area contributed by atoms with Gasteiger partial charge >= 0.3 is 12.0 Å². The molecule has 0 spiro atoms. The standard InChI is InChI=1S/C9H15N5O3/c1-5(2)6(7(15)16)12-9(17)13-8-10-4-11-14(8)3/h4-6H,1-3H3,(H,15,16)(H2,10,11,12,13,17)/t6-/m1/s1. The molecular formula is C9H15N5O3. The first-order valence-electron chi connectivity index (χ1n) is 5.06. The molecule has 1 aromatic heterocycles. The summed E-state index contributed by atoms with van der Waals surface area (Å²) < 4.78 is 1.37. The van der Waals surface area contributed by atoms with E-state index in [-0.39, 0.29) is 11.9 Å². The molecule has 0 aliphatic carbocycles. The lowest BCUT2D eigenvalue weighted by Crippen LogP contribution is -2.46. The number of aromatic nitrogens is 3. The van der Waals surface area contributed by atoms with Gasteiger partial charge in [-0.3, -0.25) is 5.32 Å². The van der Waals surface area contributed by atoms with Gasteiger partial charge in [-0.1, -0.05) is 13.8 Å². The Bertz CT molecular complexity index is 415. The number of hydrogen-bond acceptors (Lipinski definition) is 4. The van der Waals surface area contributed by atoms with Gasteiger partial charge < -0.3 is 10.4 Å². The maximum absolute atomic E-state index is 11.5. The van der Waals surface area contributed by atoms with Gasteiger partial charge in [-0.05, 0) is 5.92 Å². The summed E-state index contributed by atoms with van der Waals surface area (Å²) in [4.78, 5) is 26.2. The minimum absolute atomic E-state index is 0.210. The maximum Gasteiger partial charge on any atom is 0.326 e. The van der Waals surface area contributed by atoms with Crippen LogP contribution in [-0.4, -0.2) is 37.9 Å². The second-order valence-electron chi connectivity index (χ2n) is 3.87. The fourth-order valence-corrected chi connectivity index (χ4v) is 1.20. The van der Waals surface area contributed by atoms with Crippen molar-refractivity contribution in [2.24, 2.45) is 13.0 Å². The SMILES string of the molecule is CC(C)[C@@H](NC(=O)Nc1ncnn1C)C(=O)O. The Morgan fingerprint density at radius 1 is 1.47 bits per heavy atom. The molecule has 94 valence electrons. The van der Waals surface area contributed by atoms with Crippen molar-refractivity contribution >= 4 is 17.9 Å². The van der Waals surface area contributed by atoms with Crippen molar-refractivity contribution in [2.45, 2.75) is 19.9 Å². The van der Waals surface area contributed by atoms with E-state index in [4.69, 9.17) is 5.11 Å². The maximum atomic E-state index is 11.5. The van der Waals surface area contributed by atoms with Crippen molar-refractivity contribution in [3.63, 3.8) is 0 Å². The van der Waals surface area contributed by atoms with Gasteiger partial charge in [-0.25, -0.2) is 14.3 Å². The van der Waals surface area contributed by atoms with Gasteiger partial charge in [0.15, 0.2) is 0 Å². The van der Waals surface area contributed by atoms with Gasteiger partial charge in [0.1, 0.15) is 12.4 Å². The van der Waals surface area contributed by atoms with E-state index in [1.807, 2.05) is 0 Å². The number of nitrogens with zero attached hydrogens (tertiary/aromatic N) is 3. The van der Waals surface area contributed by atoms with Crippen LogP contribution in [0.4, 0.5) is 10.7 Å². The summed E-state index contributed by atoms with van der Waals surface area (Å²) >= 11 is 0. The van der Waals surface area contributed by atoms with E-state index in [9.17, 15) is 9.59 Å². The minimum Gasteiger partial charge on any atom is -0.480 e. The number of rotatable bonds is 4. The zero-order valence-electron chi connectivity index (χ0n) is 9.84. The van der Waals surface area contributed by atoms with Crippen LogP contribution in [0.5, 0.6) is 0 Å². The lowest BCUT2D eigenvalue weighted by atomic mass is 10.1. The number of carbonyl (C=O) groups is 2. The molecule has 0 radical (unpaired) electrons. The van der Waals surface area contributed by atoms with E-state index >= 15 is 0 Å². The molecule has 0 aliphatic heterocycles. The van der Waals surface area contributed by atoms with Crippen LogP contribution in [0.15, 0.2) is 6.33 Å². The average molecular weight is 241 g/mol. The Morgan fingerprint density at radius 3 is 2.53 bits per heavy atom. The molecule has 0 aliphatic rings. The third-order valence-electron chi connectivity index (χ3n) is 2.16. The summed E-state index contributed by atoms with van der Waals surface area (Å²) in [5.74, 6) is -1.04. The third-order valence-corrected chi connectivity index (χ3v) is 2.16. The molecule has 17 heavy (non-hydrogen) atoms. The Morgan fingerprint density at radius 2 is 2.12 bits per heavy atom. The van der Waals surface area contributed by atoms with Crippen LogP contribution in [0.1, 0.15) is 13.8 Å². The highest BCUT2D eigenvalue weighted by molar-refractivity contribution is 5.90. The van der Waals surface area contributed by atoms with Crippen LogP contribution in [0.2, 0.25) is 0 Å². The quantitative estimate of drug-likeness (QED) is 0.689. The highest BCUT2D eigenvalue weighted by Crippen LogP contribution is 2.03. The van der Waals surface area contributed by atoms with E-state index in [1.54, 1.807) is 20.9 Å². The third kappa shape index (κ3) is 3.44. The lowest BCUT2D eigenvalue weighted by molar-refractivity contribution is -0.140. The predicted octanol–water partition coefficient (Wildman–Crippen LogP) is 0.0458. The van der Waals surface area contributed by atoms with Gasteiger partial charge in [-0.15, -0.1) is 0 Å². The number of hydrogen-bond donors (Lipinski definition) is 3. The molecule has 8 heteroatoms. The topological polar surface area (TPSA) is 109 Å². The molecular weight excluding hydrogens is 226 g/mol. The van der Waals surface area contributed by atoms with Crippen LogP contribution in [0.3, 0.4) is 0 Å². The van der Waals surface area contributed by atoms with E-state index in [0.29, 0.717) is 0 Å². The van der Waals surface area contributed by atoms with Gasteiger partial charge in [0, 0.05) is 7.05 Å². The number of amides is 2. The number of aliphatic carboxylic acids is 1. The Hall–Kier alpha value is -2.12. The number of carbonyl (C=O) groups excluding carboxylic acids is 1. The molecule has 0 fully saturated rings. The molecule has 0 bridgehead atoms. The first-order valence-corrected chi connectivity index (χ1v) is 5.06. The summed E-state index contributed by atoms with van der Waals surface area (Å²) in [7, 11) is 1.61. The van der Waals surface area contributed by atoms with Crippen LogP contribution in [0, 0.1) is 5.92 Å². The summed E-state index contributed by atoms with van der Waals surface area (Å²) in [6.45, 7) is 3.42. The van der Waals surface area contributed by atoms with Crippen molar-refractivity contribution in [2.75, 3.05) is 5.32 Å². The number of carboxylic acid groups (broad SMARTS) is 1. The smallest absolute Gasteiger partial charge is 0.326 e. The number of nitrogens with one attached hydrogen (secondary N) is 2. The second-order valence-corrected chi connectivity index (χ2v) is 3.87.